The number of carbonyl (C=O) groups excluding carboxylic acids is 3. The van der Waals surface area contributed by atoms with Crippen molar-refractivity contribution in [2.45, 2.75) is 19.4 Å². The number of nitrogens with zero attached hydrogens (tertiary/aromatic N) is 2. The number of amides is 3. The van der Waals surface area contributed by atoms with Crippen molar-refractivity contribution in [2.75, 3.05) is 13.1 Å². The quantitative estimate of drug-likeness (QED) is 0.528. The number of oxazole rings is 1. The van der Waals surface area contributed by atoms with Gasteiger partial charge in [-0.1, -0.05) is 42.5 Å². The molecule has 3 amide bonds. The topological polar surface area (TPSA) is 102 Å². The molecule has 3 aromatic rings. The Morgan fingerprint density at radius 1 is 1.00 bits per heavy atom. The number of hydrogen-bond donors (Lipinski definition) is 1. The Morgan fingerprint density at radius 3 is 2.56 bits per heavy atom. The summed E-state index contributed by atoms with van der Waals surface area (Å²) in [5.41, 5.74) is 2.05. The van der Waals surface area contributed by atoms with Gasteiger partial charge in [-0.05, 0) is 42.0 Å². The molecule has 0 atom stereocenters. The lowest BCUT2D eigenvalue weighted by Gasteiger charge is -2.13. The SMILES string of the molecule is O=C(CCCn1c(=O)oc2ccccc21)NCCN1C(=O)SC(=Cc2ccccc2)C1=O. The number of carbonyl (C=O) groups is 3. The molecule has 0 saturated carbocycles. The van der Waals surface area contributed by atoms with Crippen LogP contribution >= 0.6 is 11.8 Å². The minimum atomic E-state index is -0.450. The maximum atomic E-state index is 12.5. The molecule has 0 unspecified atom stereocenters. The zero-order chi connectivity index (χ0) is 22.5. The number of nitrogens with one attached hydrogen (secondary N) is 1. The van der Waals surface area contributed by atoms with Gasteiger partial charge in [0, 0.05) is 26.1 Å². The van der Waals surface area contributed by atoms with Crippen molar-refractivity contribution in [2.24, 2.45) is 0 Å². The minimum Gasteiger partial charge on any atom is -0.408 e. The lowest BCUT2D eigenvalue weighted by molar-refractivity contribution is -0.124. The Labute approximate surface area is 187 Å². The summed E-state index contributed by atoms with van der Waals surface area (Å²) >= 11 is 0.895. The second kappa shape index (κ2) is 9.69. The maximum Gasteiger partial charge on any atom is 0.419 e. The highest BCUT2D eigenvalue weighted by molar-refractivity contribution is 8.18. The molecule has 1 aliphatic rings. The second-order valence-electron chi connectivity index (χ2n) is 7.18. The van der Waals surface area contributed by atoms with Gasteiger partial charge in [-0.25, -0.2) is 4.79 Å². The molecule has 8 nitrogen and oxygen atoms in total. The van der Waals surface area contributed by atoms with Crippen LogP contribution in [0.3, 0.4) is 0 Å². The van der Waals surface area contributed by atoms with Crippen LogP contribution in [0.15, 0.2) is 68.7 Å². The van der Waals surface area contributed by atoms with Gasteiger partial charge in [0.1, 0.15) is 0 Å². The van der Waals surface area contributed by atoms with E-state index in [9.17, 15) is 19.2 Å². The molecule has 9 heteroatoms. The van der Waals surface area contributed by atoms with Crippen molar-refractivity contribution in [3.8, 4) is 0 Å². The summed E-state index contributed by atoms with van der Waals surface area (Å²) in [6.45, 7) is 0.634. The molecule has 2 heterocycles. The number of aryl methyl sites for hydroxylation is 1. The predicted molar refractivity (Wildman–Crippen MR) is 122 cm³/mol. The van der Waals surface area contributed by atoms with Crippen LogP contribution in [0.25, 0.3) is 17.2 Å². The molecule has 0 spiro atoms. The molecule has 32 heavy (non-hydrogen) atoms. The van der Waals surface area contributed by atoms with Crippen molar-refractivity contribution in [1.82, 2.24) is 14.8 Å². The minimum absolute atomic E-state index is 0.106. The summed E-state index contributed by atoms with van der Waals surface area (Å²) in [6, 6.07) is 16.4. The van der Waals surface area contributed by atoms with E-state index in [0.29, 0.717) is 29.0 Å². The smallest absolute Gasteiger partial charge is 0.408 e. The van der Waals surface area contributed by atoms with Crippen LogP contribution in [-0.4, -0.2) is 39.6 Å². The van der Waals surface area contributed by atoms with Gasteiger partial charge in [0.25, 0.3) is 11.1 Å². The zero-order valence-corrected chi connectivity index (χ0v) is 18.0. The van der Waals surface area contributed by atoms with E-state index in [1.165, 1.54) is 4.57 Å². The zero-order valence-electron chi connectivity index (χ0n) is 17.2. The fraction of sp³-hybridized carbons (Fsp3) is 0.217. The molecule has 0 radical (unpaired) electrons. The molecule has 1 fully saturated rings. The van der Waals surface area contributed by atoms with Crippen molar-refractivity contribution >= 4 is 46.0 Å². The van der Waals surface area contributed by atoms with Crippen LogP contribution < -0.4 is 11.1 Å². The van der Waals surface area contributed by atoms with Crippen molar-refractivity contribution in [3.63, 3.8) is 0 Å². The third-order valence-corrected chi connectivity index (χ3v) is 5.90. The van der Waals surface area contributed by atoms with E-state index in [1.807, 2.05) is 36.4 Å². The van der Waals surface area contributed by atoms with Crippen molar-refractivity contribution in [3.05, 3.63) is 75.6 Å². The fourth-order valence-corrected chi connectivity index (χ4v) is 4.28. The van der Waals surface area contributed by atoms with Gasteiger partial charge in [0.05, 0.1) is 10.4 Å². The summed E-state index contributed by atoms with van der Waals surface area (Å²) in [5, 5.41) is 2.37. The Hall–Kier alpha value is -3.59. The van der Waals surface area contributed by atoms with E-state index >= 15 is 0 Å². The first-order valence-electron chi connectivity index (χ1n) is 10.2. The number of aromatic nitrogens is 1. The summed E-state index contributed by atoms with van der Waals surface area (Å²) in [5.74, 6) is -1.02. The number of para-hydroxylation sites is 2. The highest BCUT2D eigenvalue weighted by Crippen LogP contribution is 2.31. The standard InChI is InChI=1S/C23H21N3O5S/c27-20(11-6-13-25-17-9-4-5-10-18(17)31-22(25)29)24-12-14-26-21(28)19(32-23(26)30)15-16-7-2-1-3-8-16/h1-5,7-10,15H,6,11-14H2,(H,24,27). The van der Waals surface area contributed by atoms with E-state index in [-0.39, 0.29) is 36.6 Å². The van der Waals surface area contributed by atoms with Gasteiger partial charge in [0.2, 0.25) is 5.91 Å². The summed E-state index contributed by atoms with van der Waals surface area (Å²) < 4.78 is 6.68. The van der Waals surface area contributed by atoms with Gasteiger partial charge in [-0.15, -0.1) is 0 Å². The molecule has 0 bridgehead atoms. The fourth-order valence-electron chi connectivity index (χ4n) is 3.41. The Kier molecular flexibility index (Phi) is 6.55. The Morgan fingerprint density at radius 2 is 1.75 bits per heavy atom. The van der Waals surface area contributed by atoms with Crippen LogP contribution in [0.5, 0.6) is 0 Å². The predicted octanol–water partition coefficient (Wildman–Crippen LogP) is 3.23. The highest BCUT2D eigenvalue weighted by atomic mass is 32.2. The van der Waals surface area contributed by atoms with E-state index in [1.54, 1.807) is 24.3 Å². The van der Waals surface area contributed by atoms with Crippen molar-refractivity contribution in [1.29, 1.82) is 0 Å². The van der Waals surface area contributed by atoms with Gasteiger partial charge in [-0.2, -0.15) is 0 Å². The molecular weight excluding hydrogens is 430 g/mol. The summed E-state index contributed by atoms with van der Waals surface area (Å²) in [6.07, 6.45) is 2.35. The van der Waals surface area contributed by atoms with Crippen LogP contribution in [0.2, 0.25) is 0 Å². The molecule has 164 valence electrons. The molecule has 1 saturated heterocycles. The summed E-state index contributed by atoms with van der Waals surface area (Å²) in [4.78, 5) is 50.3. The van der Waals surface area contributed by atoms with E-state index in [4.69, 9.17) is 4.42 Å². The molecule has 1 N–H and O–H groups in total. The lowest BCUT2D eigenvalue weighted by atomic mass is 10.2. The van der Waals surface area contributed by atoms with Gasteiger partial charge in [0.15, 0.2) is 5.58 Å². The van der Waals surface area contributed by atoms with E-state index in [2.05, 4.69) is 5.32 Å². The normalized spacial score (nSPS) is 15.1. The third kappa shape index (κ3) is 4.83. The average Bonchev–Trinajstić information content (AvgIpc) is 3.24. The number of benzene rings is 2. The Bertz CT molecular complexity index is 1250. The number of thioether (sulfide) groups is 1. The summed E-state index contributed by atoms with van der Waals surface area (Å²) in [7, 11) is 0. The number of hydrogen-bond acceptors (Lipinski definition) is 6. The molecular formula is C23H21N3O5S. The second-order valence-corrected chi connectivity index (χ2v) is 8.18. The number of rotatable bonds is 8. The van der Waals surface area contributed by atoms with Gasteiger partial charge < -0.3 is 9.73 Å². The first kappa shape index (κ1) is 21.6. The molecule has 0 aliphatic carbocycles. The molecule has 1 aliphatic heterocycles. The van der Waals surface area contributed by atoms with Gasteiger partial charge in [-0.3, -0.25) is 23.9 Å². The van der Waals surface area contributed by atoms with Crippen LogP contribution in [0.4, 0.5) is 4.79 Å². The molecule has 4 rings (SSSR count). The first-order chi connectivity index (χ1) is 15.5. The van der Waals surface area contributed by atoms with Crippen molar-refractivity contribution < 1.29 is 18.8 Å². The maximum absolute atomic E-state index is 12.5. The molecule has 1 aromatic heterocycles. The monoisotopic (exact) mass is 451 g/mol. The number of fused-ring (bicyclic) bond motifs is 1. The van der Waals surface area contributed by atoms with Gasteiger partial charge >= 0.3 is 5.76 Å². The Balaban J connectivity index is 1.24. The average molecular weight is 452 g/mol. The number of imide groups is 1. The first-order valence-corrected chi connectivity index (χ1v) is 11.0. The molecule has 2 aromatic carbocycles. The largest absolute Gasteiger partial charge is 0.419 e. The van der Waals surface area contributed by atoms with Crippen LogP contribution in [0, 0.1) is 0 Å². The highest BCUT2D eigenvalue weighted by Gasteiger charge is 2.34. The van der Waals surface area contributed by atoms with Crippen LogP contribution in [0.1, 0.15) is 18.4 Å². The lowest BCUT2D eigenvalue weighted by Crippen LogP contribution is -2.37. The van der Waals surface area contributed by atoms with Crippen LogP contribution in [-0.2, 0) is 16.1 Å². The third-order valence-electron chi connectivity index (χ3n) is 4.99. The van der Waals surface area contributed by atoms with E-state index in [0.717, 1.165) is 22.2 Å². The van der Waals surface area contributed by atoms with E-state index < -0.39 is 5.76 Å².